The van der Waals surface area contributed by atoms with Gasteiger partial charge in [0.25, 0.3) is 0 Å². The standard InChI is InChI=1S/C10H21NO3S/c1-9(2)15(12,13)11-7-8-14-10-5-3-4-6-10/h9-11H,3-8H2,1-2H3. The molecule has 0 unspecified atom stereocenters. The number of hydrogen-bond donors (Lipinski definition) is 1. The summed E-state index contributed by atoms with van der Waals surface area (Å²) in [6.45, 7) is 4.20. The highest BCUT2D eigenvalue weighted by molar-refractivity contribution is 7.90. The zero-order valence-electron chi connectivity index (χ0n) is 9.53. The second kappa shape index (κ2) is 5.82. The van der Waals surface area contributed by atoms with Crippen molar-refractivity contribution in [3.05, 3.63) is 0 Å². The second-order valence-electron chi connectivity index (χ2n) is 4.27. The van der Waals surface area contributed by atoms with Crippen LogP contribution in [0.1, 0.15) is 39.5 Å². The molecule has 1 saturated carbocycles. The van der Waals surface area contributed by atoms with E-state index in [0.29, 0.717) is 19.3 Å². The zero-order chi connectivity index (χ0) is 11.3. The van der Waals surface area contributed by atoms with Crippen LogP contribution in [0.3, 0.4) is 0 Å². The van der Waals surface area contributed by atoms with Crippen LogP contribution in [0, 0.1) is 0 Å². The quantitative estimate of drug-likeness (QED) is 0.705. The molecule has 0 radical (unpaired) electrons. The topological polar surface area (TPSA) is 55.4 Å². The third-order valence-corrected chi connectivity index (χ3v) is 4.53. The van der Waals surface area contributed by atoms with Gasteiger partial charge in [-0.1, -0.05) is 12.8 Å². The van der Waals surface area contributed by atoms with Crippen molar-refractivity contribution < 1.29 is 13.2 Å². The fraction of sp³-hybridized carbons (Fsp3) is 1.00. The maximum absolute atomic E-state index is 11.4. The lowest BCUT2D eigenvalue weighted by Crippen LogP contribution is -2.33. The van der Waals surface area contributed by atoms with Gasteiger partial charge >= 0.3 is 0 Å². The van der Waals surface area contributed by atoms with Crippen LogP contribution in [0.2, 0.25) is 0 Å². The number of rotatable bonds is 6. The van der Waals surface area contributed by atoms with Crippen LogP contribution >= 0.6 is 0 Å². The average molecular weight is 235 g/mol. The van der Waals surface area contributed by atoms with Gasteiger partial charge in [-0.05, 0) is 26.7 Å². The van der Waals surface area contributed by atoms with Crippen LogP contribution in [0.4, 0.5) is 0 Å². The van der Waals surface area contributed by atoms with Crippen LogP contribution in [-0.4, -0.2) is 32.9 Å². The second-order valence-corrected chi connectivity index (χ2v) is 6.59. The van der Waals surface area contributed by atoms with Gasteiger partial charge in [0.05, 0.1) is 18.0 Å². The monoisotopic (exact) mass is 235 g/mol. The molecule has 90 valence electrons. The summed E-state index contributed by atoms with van der Waals surface area (Å²) in [5.74, 6) is 0. The number of ether oxygens (including phenoxy) is 1. The smallest absolute Gasteiger partial charge is 0.214 e. The van der Waals surface area contributed by atoms with E-state index in [0.717, 1.165) is 12.8 Å². The minimum Gasteiger partial charge on any atom is -0.377 e. The Balaban J connectivity index is 2.11. The summed E-state index contributed by atoms with van der Waals surface area (Å²) in [4.78, 5) is 0. The van der Waals surface area contributed by atoms with E-state index in [1.807, 2.05) is 0 Å². The molecular weight excluding hydrogens is 214 g/mol. The molecule has 0 bridgehead atoms. The molecular formula is C10H21NO3S. The summed E-state index contributed by atoms with van der Waals surface area (Å²) in [5, 5.41) is -0.371. The Bertz CT molecular complexity index is 268. The van der Waals surface area contributed by atoms with Crippen LogP contribution in [0.15, 0.2) is 0 Å². The third kappa shape index (κ3) is 4.49. The molecule has 1 aliphatic rings. The molecule has 0 aromatic rings. The van der Waals surface area contributed by atoms with Gasteiger partial charge in [0.15, 0.2) is 0 Å². The van der Waals surface area contributed by atoms with E-state index in [1.165, 1.54) is 12.8 Å². The third-order valence-electron chi connectivity index (χ3n) is 2.68. The van der Waals surface area contributed by atoms with Gasteiger partial charge < -0.3 is 4.74 Å². The molecule has 0 amide bonds. The first-order valence-electron chi connectivity index (χ1n) is 5.62. The molecule has 5 heteroatoms. The van der Waals surface area contributed by atoms with Crippen LogP contribution in [0.5, 0.6) is 0 Å². The fourth-order valence-electron chi connectivity index (χ4n) is 1.63. The Labute approximate surface area is 92.4 Å². The molecule has 0 atom stereocenters. The summed E-state index contributed by atoms with van der Waals surface area (Å²) in [6.07, 6.45) is 5.08. The first kappa shape index (κ1) is 12.9. The minimum atomic E-state index is -3.12. The Morgan fingerprint density at radius 2 is 1.93 bits per heavy atom. The molecule has 0 aromatic heterocycles. The van der Waals surface area contributed by atoms with E-state index in [1.54, 1.807) is 13.8 Å². The van der Waals surface area contributed by atoms with Crippen molar-refractivity contribution >= 4 is 10.0 Å². The molecule has 0 saturated heterocycles. The summed E-state index contributed by atoms with van der Waals surface area (Å²) >= 11 is 0. The van der Waals surface area contributed by atoms with E-state index in [-0.39, 0.29) is 5.25 Å². The predicted octanol–water partition coefficient (Wildman–Crippen LogP) is 1.27. The van der Waals surface area contributed by atoms with Crippen molar-refractivity contribution in [1.82, 2.24) is 4.72 Å². The van der Waals surface area contributed by atoms with Crippen LogP contribution < -0.4 is 4.72 Å². The Hall–Kier alpha value is -0.130. The molecule has 4 nitrogen and oxygen atoms in total. The fourth-order valence-corrected chi connectivity index (χ4v) is 2.33. The van der Waals surface area contributed by atoms with Gasteiger partial charge in [-0.2, -0.15) is 0 Å². The molecule has 1 fully saturated rings. The van der Waals surface area contributed by atoms with Crippen molar-refractivity contribution in [1.29, 1.82) is 0 Å². The summed E-state index contributed by atoms with van der Waals surface area (Å²) in [5.41, 5.74) is 0. The van der Waals surface area contributed by atoms with Crippen molar-refractivity contribution in [3.8, 4) is 0 Å². The summed E-state index contributed by atoms with van der Waals surface area (Å²) in [7, 11) is -3.12. The van der Waals surface area contributed by atoms with Gasteiger partial charge in [0.1, 0.15) is 0 Å². The highest BCUT2D eigenvalue weighted by atomic mass is 32.2. The normalized spacial score (nSPS) is 18.9. The zero-order valence-corrected chi connectivity index (χ0v) is 10.3. The van der Waals surface area contributed by atoms with Gasteiger partial charge in [0.2, 0.25) is 10.0 Å². The van der Waals surface area contributed by atoms with Gasteiger partial charge in [-0.25, -0.2) is 13.1 Å². The van der Waals surface area contributed by atoms with Crippen molar-refractivity contribution in [2.75, 3.05) is 13.2 Å². The van der Waals surface area contributed by atoms with Crippen LogP contribution in [0.25, 0.3) is 0 Å². The Morgan fingerprint density at radius 3 is 2.47 bits per heavy atom. The van der Waals surface area contributed by atoms with E-state index in [9.17, 15) is 8.42 Å². The number of nitrogens with one attached hydrogen (secondary N) is 1. The lowest BCUT2D eigenvalue weighted by atomic mass is 10.3. The Kier molecular flexibility index (Phi) is 5.02. The lowest BCUT2D eigenvalue weighted by Gasteiger charge is -2.12. The SMILES string of the molecule is CC(C)S(=O)(=O)NCCOC1CCCC1. The highest BCUT2D eigenvalue weighted by Crippen LogP contribution is 2.20. The summed E-state index contributed by atoms with van der Waals surface area (Å²) < 4.78 is 30.8. The van der Waals surface area contributed by atoms with Gasteiger partial charge in [0, 0.05) is 6.54 Å². The van der Waals surface area contributed by atoms with E-state index >= 15 is 0 Å². The largest absolute Gasteiger partial charge is 0.377 e. The maximum atomic E-state index is 11.4. The summed E-state index contributed by atoms with van der Waals surface area (Å²) in [6, 6.07) is 0. The average Bonchev–Trinajstić information content (AvgIpc) is 2.64. The van der Waals surface area contributed by atoms with Gasteiger partial charge in [-0.15, -0.1) is 0 Å². The Morgan fingerprint density at radius 1 is 1.33 bits per heavy atom. The highest BCUT2D eigenvalue weighted by Gasteiger charge is 2.17. The van der Waals surface area contributed by atoms with Crippen LogP contribution in [-0.2, 0) is 14.8 Å². The molecule has 1 rings (SSSR count). The van der Waals surface area contributed by atoms with Crippen molar-refractivity contribution in [2.45, 2.75) is 50.9 Å². The van der Waals surface area contributed by atoms with Crippen molar-refractivity contribution in [2.24, 2.45) is 0 Å². The van der Waals surface area contributed by atoms with Gasteiger partial charge in [-0.3, -0.25) is 0 Å². The van der Waals surface area contributed by atoms with E-state index < -0.39 is 10.0 Å². The number of hydrogen-bond acceptors (Lipinski definition) is 3. The minimum absolute atomic E-state index is 0.355. The van der Waals surface area contributed by atoms with Crippen molar-refractivity contribution in [3.63, 3.8) is 0 Å². The molecule has 1 N–H and O–H groups in total. The van der Waals surface area contributed by atoms with E-state index in [4.69, 9.17) is 4.74 Å². The first-order chi connectivity index (χ1) is 7.02. The lowest BCUT2D eigenvalue weighted by molar-refractivity contribution is 0.0626. The number of sulfonamides is 1. The molecule has 0 aliphatic heterocycles. The molecule has 15 heavy (non-hydrogen) atoms. The predicted molar refractivity (Wildman–Crippen MR) is 60.3 cm³/mol. The maximum Gasteiger partial charge on any atom is 0.214 e. The van der Waals surface area contributed by atoms with E-state index in [2.05, 4.69) is 4.72 Å². The molecule has 0 heterocycles. The molecule has 0 aromatic carbocycles. The molecule has 0 spiro atoms. The first-order valence-corrected chi connectivity index (χ1v) is 7.17. The molecule has 1 aliphatic carbocycles.